The summed E-state index contributed by atoms with van der Waals surface area (Å²) in [4.78, 5) is 0. The van der Waals surface area contributed by atoms with Crippen LogP contribution in [0.2, 0.25) is 0 Å². The van der Waals surface area contributed by atoms with Crippen LogP contribution in [0.25, 0.3) is 0 Å². The van der Waals surface area contributed by atoms with Crippen molar-refractivity contribution in [3.05, 3.63) is 58.7 Å². The average molecular weight is 269 g/mol. The maximum atomic E-state index is 6.22. The highest BCUT2D eigenvalue weighted by molar-refractivity contribution is 5.47. The van der Waals surface area contributed by atoms with Crippen molar-refractivity contribution in [3.8, 4) is 11.5 Å². The van der Waals surface area contributed by atoms with Crippen molar-refractivity contribution in [2.24, 2.45) is 5.73 Å². The fraction of sp³-hybridized carbons (Fsp3) is 0.333. The van der Waals surface area contributed by atoms with Crippen molar-refractivity contribution in [1.29, 1.82) is 0 Å². The van der Waals surface area contributed by atoms with E-state index >= 15 is 0 Å². The lowest BCUT2D eigenvalue weighted by molar-refractivity contribution is 0.463. The molecule has 2 N–H and O–H groups in total. The van der Waals surface area contributed by atoms with Crippen molar-refractivity contribution in [1.82, 2.24) is 0 Å². The van der Waals surface area contributed by atoms with Crippen LogP contribution in [0.4, 0.5) is 0 Å². The first-order chi connectivity index (χ1) is 9.52. The molecule has 2 aromatic rings. The van der Waals surface area contributed by atoms with Crippen LogP contribution in [0.5, 0.6) is 11.5 Å². The maximum absolute atomic E-state index is 6.22. The Morgan fingerprint density at radius 3 is 2.50 bits per heavy atom. The number of aryl methyl sites for hydroxylation is 2. The normalized spacial score (nSPS) is 10.9. The summed E-state index contributed by atoms with van der Waals surface area (Å²) in [6.07, 6.45) is 0. The monoisotopic (exact) mass is 269 g/mol. The van der Waals surface area contributed by atoms with Gasteiger partial charge in [-0.2, -0.15) is 0 Å². The molecule has 0 aliphatic heterocycles. The molecule has 0 heterocycles. The fourth-order valence-corrected chi connectivity index (χ4v) is 2.34. The topological polar surface area (TPSA) is 35.2 Å². The van der Waals surface area contributed by atoms with Gasteiger partial charge < -0.3 is 10.5 Å². The SMILES string of the molecule is Cc1ccc(C(C)C)c(Oc2c(C)cccc2CN)c1. The highest BCUT2D eigenvalue weighted by Gasteiger charge is 2.12. The molecule has 0 radical (unpaired) electrons. The molecule has 2 aromatic carbocycles. The predicted octanol–water partition coefficient (Wildman–Crippen LogP) is 4.68. The van der Waals surface area contributed by atoms with Gasteiger partial charge in [-0.3, -0.25) is 0 Å². The summed E-state index contributed by atoms with van der Waals surface area (Å²) in [6.45, 7) is 8.98. The van der Waals surface area contributed by atoms with Crippen molar-refractivity contribution < 1.29 is 4.74 Å². The second-order valence-corrected chi connectivity index (χ2v) is 5.57. The number of hydrogen-bond donors (Lipinski definition) is 1. The van der Waals surface area contributed by atoms with Gasteiger partial charge in [0.15, 0.2) is 0 Å². The van der Waals surface area contributed by atoms with Crippen LogP contribution in [-0.4, -0.2) is 0 Å². The van der Waals surface area contributed by atoms with Gasteiger partial charge in [-0.1, -0.05) is 44.2 Å². The summed E-state index contributed by atoms with van der Waals surface area (Å²) >= 11 is 0. The van der Waals surface area contributed by atoms with E-state index in [1.807, 2.05) is 12.1 Å². The first-order valence-corrected chi connectivity index (χ1v) is 7.10. The zero-order valence-electron chi connectivity index (χ0n) is 12.7. The second kappa shape index (κ2) is 6.10. The Labute approximate surface area is 121 Å². The molecule has 0 aliphatic carbocycles. The molecule has 2 heteroatoms. The van der Waals surface area contributed by atoms with Gasteiger partial charge >= 0.3 is 0 Å². The quantitative estimate of drug-likeness (QED) is 0.874. The lowest BCUT2D eigenvalue weighted by atomic mass is 10.0. The minimum Gasteiger partial charge on any atom is -0.456 e. The molecule has 0 bridgehead atoms. The number of para-hydroxylation sites is 1. The van der Waals surface area contributed by atoms with E-state index < -0.39 is 0 Å². The molecular weight excluding hydrogens is 246 g/mol. The van der Waals surface area contributed by atoms with E-state index in [1.54, 1.807) is 0 Å². The minimum absolute atomic E-state index is 0.427. The molecule has 0 fully saturated rings. The molecular formula is C18H23NO. The minimum atomic E-state index is 0.427. The number of ether oxygens (including phenoxy) is 1. The van der Waals surface area contributed by atoms with Crippen LogP contribution in [0.15, 0.2) is 36.4 Å². The molecule has 106 valence electrons. The van der Waals surface area contributed by atoms with Crippen molar-refractivity contribution in [2.45, 2.75) is 40.2 Å². The summed E-state index contributed by atoms with van der Waals surface area (Å²) < 4.78 is 6.22. The fourth-order valence-electron chi connectivity index (χ4n) is 2.34. The van der Waals surface area contributed by atoms with Crippen molar-refractivity contribution in [3.63, 3.8) is 0 Å². The van der Waals surface area contributed by atoms with E-state index in [-0.39, 0.29) is 0 Å². The van der Waals surface area contributed by atoms with Gasteiger partial charge in [0.2, 0.25) is 0 Å². The third kappa shape index (κ3) is 3.02. The van der Waals surface area contributed by atoms with E-state index in [1.165, 1.54) is 11.1 Å². The molecule has 2 nitrogen and oxygen atoms in total. The largest absolute Gasteiger partial charge is 0.456 e. The number of benzene rings is 2. The zero-order chi connectivity index (χ0) is 14.7. The van der Waals surface area contributed by atoms with E-state index in [0.29, 0.717) is 12.5 Å². The lowest BCUT2D eigenvalue weighted by Crippen LogP contribution is -2.02. The molecule has 2 rings (SSSR count). The predicted molar refractivity (Wildman–Crippen MR) is 84.4 cm³/mol. The molecule has 0 spiro atoms. The van der Waals surface area contributed by atoms with E-state index in [9.17, 15) is 0 Å². The molecule has 0 saturated heterocycles. The smallest absolute Gasteiger partial charge is 0.134 e. The van der Waals surface area contributed by atoms with Crippen LogP contribution in [0.1, 0.15) is 42.0 Å². The molecule has 0 saturated carbocycles. The highest BCUT2D eigenvalue weighted by atomic mass is 16.5. The Hall–Kier alpha value is -1.80. The molecule has 0 aromatic heterocycles. The van der Waals surface area contributed by atoms with Gasteiger partial charge in [-0.25, -0.2) is 0 Å². The first-order valence-electron chi connectivity index (χ1n) is 7.10. The molecule has 0 amide bonds. The molecule has 20 heavy (non-hydrogen) atoms. The van der Waals surface area contributed by atoms with E-state index in [0.717, 1.165) is 22.6 Å². The maximum Gasteiger partial charge on any atom is 0.134 e. The lowest BCUT2D eigenvalue weighted by Gasteiger charge is -2.18. The van der Waals surface area contributed by atoms with E-state index in [2.05, 4.69) is 52.0 Å². The standard InChI is InChI=1S/C18H23NO/c1-12(2)16-9-8-13(3)10-17(16)20-18-14(4)6-5-7-15(18)11-19/h5-10,12H,11,19H2,1-4H3. The Bertz CT molecular complexity index is 602. The number of nitrogens with two attached hydrogens (primary N) is 1. The van der Waals surface area contributed by atoms with Crippen LogP contribution in [-0.2, 0) is 6.54 Å². The molecule has 0 unspecified atom stereocenters. The Balaban J connectivity index is 2.47. The Morgan fingerprint density at radius 1 is 1.10 bits per heavy atom. The van der Waals surface area contributed by atoms with Gasteiger partial charge in [0.05, 0.1) is 0 Å². The average Bonchev–Trinajstić information content (AvgIpc) is 2.40. The summed E-state index contributed by atoms with van der Waals surface area (Å²) in [5, 5.41) is 0. The van der Waals surface area contributed by atoms with Crippen LogP contribution in [0.3, 0.4) is 0 Å². The van der Waals surface area contributed by atoms with Gasteiger partial charge in [0, 0.05) is 12.1 Å². The number of hydrogen-bond acceptors (Lipinski definition) is 2. The first kappa shape index (κ1) is 14.6. The van der Waals surface area contributed by atoms with E-state index in [4.69, 9.17) is 10.5 Å². The Morgan fingerprint density at radius 2 is 1.85 bits per heavy atom. The van der Waals surface area contributed by atoms with Crippen molar-refractivity contribution in [2.75, 3.05) is 0 Å². The van der Waals surface area contributed by atoms with Crippen molar-refractivity contribution >= 4 is 0 Å². The third-order valence-corrected chi connectivity index (χ3v) is 3.52. The van der Waals surface area contributed by atoms with Gasteiger partial charge in [0.1, 0.15) is 11.5 Å². The second-order valence-electron chi connectivity index (χ2n) is 5.57. The molecule has 0 atom stereocenters. The zero-order valence-corrected chi connectivity index (χ0v) is 12.7. The third-order valence-electron chi connectivity index (χ3n) is 3.52. The number of rotatable bonds is 4. The highest BCUT2D eigenvalue weighted by Crippen LogP contribution is 2.34. The summed E-state index contributed by atoms with van der Waals surface area (Å²) in [5.41, 5.74) is 10.4. The van der Waals surface area contributed by atoms with Gasteiger partial charge in [-0.05, 0) is 42.5 Å². The Kier molecular flexibility index (Phi) is 4.46. The van der Waals surface area contributed by atoms with Crippen LogP contribution in [0, 0.1) is 13.8 Å². The van der Waals surface area contributed by atoms with Crippen LogP contribution >= 0.6 is 0 Å². The van der Waals surface area contributed by atoms with Crippen LogP contribution < -0.4 is 10.5 Å². The summed E-state index contributed by atoms with van der Waals surface area (Å²) in [5.74, 6) is 2.25. The molecule has 0 aliphatic rings. The summed E-state index contributed by atoms with van der Waals surface area (Å²) in [6, 6.07) is 12.5. The van der Waals surface area contributed by atoms with Gasteiger partial charge in [-0.15, -0.1) is 0 Å². The van der Waals surface area contributed by atoms with Gasteiger partial charge in [0.25, 0.3) is 0 Å². The summed E-state index contributed by atoms with van der Waals surface area (Å²) in [7, 11) is 0.